The molecule has 3 rings (SSSR count). The van der Waals surface area contributed by atoms with Crippen LogP contribution in [0.3, 0.4) is 0 Å². The van der Waals surface area contributed by atoms with Crippen LogP contribution in [-0.2, 0) is 6.54 Å². The SMILES string of the molecule is CN(C)Cc1ccc(Nc2ccc3ccccc3c2)cc1. The van der Waals surface area contributed by atoms with E-state index in [0.29, 0.717) is 0 Å². The minimum atomic E-state index is 0.969. The molecule has 0 spiro atoms. The average Bonchev–Trinajstić information content (AvgIpc) is 2.49. The predicted molar refractivity (Wildman–Crippen MR) is 91.1 cm³/mol. The molecule has 3 aromatic carbocycles. The first-order valence-corrected chi connectivity index (χ1v) is 7.20. The van der Waals surface area contributed by atoms with Crippen LogP contribution in [0.1, 0.15) is 5.56 Å². The molecule has 0 atom stereocenters. The van der Waals surface area contributed by atoms with Crippen LogP contribution in [0.15, 0.2) is 66.7 Å². The highest BCUT2D eigenvalue weighted by atomic mass is 15.0. The zero-order chi connectivity index (χ0) is 14.7. The topological polar surface area (TPSA) is 15.3 Å². The molecule has 1 N–H and O–H groups in total. The smallest absolute Gasteiger partial charge is 0.0390 e. The lowest BCUT2D eigenvalue weighted by Gasteiger charge is -2.11. The molecule has 0 radical (unpaired) electrons. The molecular formula is C19H20N2. The van der Waals surface area contributed by atoms with Gasteiger partial charge >= 0.3 is 0 Å². The van der Waals surface area contributed by atoms with Crippen LogP contribution < -0.4 is 5.32 Å². The van der Waals surface area contributed by atoms with Crippen LogP contribution >= 0.6 is 0 Å². The maximum Gasteiger partial charge on any atom is 0.0390 e. The summed E-state index contributed by atoms with van der Waals surface area (Å²) in [6.07, 6.45) is 0. The fraction of sp³-hybridized carbons (Fsp3) is 0.158. The first-order chi connectivity index (χ1) is 10.2. The second-order valence-electron chi connectivity index (χ2n) is 5.62. The standard InChI is InChI=1S/C19H20N2/c1-21(2)14-15-7-10-18(11-8-15)20-19-12-9-16-5-3-4-6-17(16)13-19/h3-13,20H,14H2,1-2H3. The Morgan fingerprint density at radius 2 is 1.43 bits per heavy atom. The molecule has 0 fully saturated rings. The van der Waals surface area contributed by atoms with Gasteiger partial charge in [-0.05, 0) is 54.7 Å². The molecule has 2 nitrogen and oxygen atoms in total. The molecule has 0 aromatic heterocycles. The summed E-state index contributed by atoms with van der Waals surface area (Å²) < 4.78 is 0. The number of fused-ring (bicyclic) bond motifs is 1. The molecule has 0 amide bonds. The third-order valence-corrected chi connectivity index (χ3v) is 3.49. The number of hydrogen-bond donors (Lipinski definition) is 1. The van der Waals surface area contributed by atoms with Crippen molar-refractivity contribution in [1.82, 2.24) is 4.90 Å². The summed E-state index contributed by atoms with van der Waals surface area (Å²) in [7, 11) is 4.17. The van der Waals surface area contributed by atoms with E-state index in [1.54, 1.807) is 0 Å². The van der Waals surface area contributed by atoms with Crippen molar-refractivity contribution in [2.75, 3.05) is 19.4 Å². The summed E-state index contributed by atoms with van der Waals surface area (Å²) >= 11 is 0. The Kier molecular flexibility index (Phi) is 3.89. The van der Waals surface area contributed by atoms with Gasteiger partial charge in [-0.1, -0.05) is 42.5 Å². The van der Waals surface area contributed by atoms with Gasteiger partial charge in [0.25, 0.3) is 0 Å². The lowest BCUT2D eigenvalue weighted by Crippen LogP contribution is -2.10. The average molecular weight is 276 g/mol. The molecule has 3 aromatic rings. The Labute approximate surface area is 126 Å². The van der Waals surface area contributed by atoms with E-state index in [0.717, 1.165) is 17.9 Å². The third-order valence-electron chi connectivity index (χ3n) is 3.49. The fourth-order valence-corrected chi connectivity index (χ4v) is 2.49. The van der Waals surface area contributed by atoms with E-state index in [1.165, 1.54) is 16.3 Å². The van der Waals surface area contributed by atoms with Crippen LogP contribution in [-0.4, -0.2) is 19.0 Å². The quantitative estimate of drug-likeness (QED) is 0.746. The van der Waals surface area contributed by atoms with Crippen molar-refractivity contribution in [3.05, 3.63) is 72.3 Å². The Morgan fingerprint density at radius 3 is 2.14 bits per heavy atom. The van der Waals surface area contributed by atoms with Gasteiger partial charge in [0.2, 0.25) is 0 Å². The van der Waals surface area contributed by atoms with Crippen molar-refractivity contribution in [3.63, 3.8) is 0 Å². The number of nitrogens with one attached hydrogen (secondary N) is 1. The van der Waals surface area contributed by atoms with Gasteiger partial charge in [0.05, 0.1) is 0 Å². The molecule has 2 heteroatoms. The van der Waals surface area contributed by atoms with Crippen molar-refractivity contribution < 1.29 is 0 Å². The van der Waals surface area contributed by atoms with E-state index in [-0.39, 0.29) is 0 Å². The lowest BCUT2D eigenvalue weighted by atomic mass is 10.1. The number of hydrogen-bond acceptors (Lipinski definition) is 2. The molecule has 0 heterocycles. The minimum absolute atomic E-state index is 0.969. The molecule has 106 valence electrons. The zero-order valence-electron chi connectivity index (χ0n) is 12.5. The van der Waals surface area contributed by atoms with Crippen LogP contribution in [0.2, 0.25) is 0 Å². The van der Waals surface area contributed by atoms with Crippen molar-refractivity contribution in [2.24, 2.45) is 0 Å². The Morgan fingerprint density at radius 1 is 0.762 bits per heavy atom. The Hall–Kier alpha value is -2.32. The maximum atomic E-state index is 3.46. The van der Waals surface area contributed by atoms with Crippen molar-refractivity contribution in [1.29, 1.82) is 0 Å². The summed E-state index contributed by atoms with van der Waals surface area (Å²) in [5, 5.41) is 5.99. The highest BCUT2D eigenvalue weighted by Crippen LogP contribution is 2.22. The second kappa shape index (κ2) is 5.98. The number of nitrogens with zero attached hydrogens (tertiary/aromatic N) is 1. The van der Waals surface area contributed by atoms with E-state index >= 15 is 0 Å². The molecule has 0 bridgehead atoms. The van der Waals surface area contributed by atoms with Gasteiger partial charge in [0.15, 0.2) is 0 Å². The summed E-state index contributed by atoms with van der Waals surface area (Å²) in [6, 6.07) is 23.5. The largest absolute Gasteiger partial charge is 0.356 e. The molecule has 0 aliphatic heterocycles. The van der Waals surface area contributed by atoms with Gasteiger partial charge in [0, 0.05) is 17.9 Å². The zero-order valence-corrected chi connectivity index (χ0v) is 12.5. The van der Waals surface area contributed by atoms with Gasteiger partial charge < -0.3 is 10.2 Å². The van der Waals surface area contributed by atoms with E-state index in [4.69, 9.17) is 0 Å². The maximum absolute atomic E-state index is 3.46. The fourth-order valence-electron chi connectivity index (χ4n) is 2.49. The lowest BCUT2D eigenvalue weighted by molar-refractivity contribution is 0.402. The monoisotopic (exact) mass is 276 g/mol. The second-order valence-corrected chi connectivity index (χ2v) is 5.62. The minimum Gasteiger partial charge on any atom is -0.356 e. The molecule has 0 unspecified atom stereocenters. The summed E-state index contributed by atoms with van der Waals surface area (Å²) in [5.41, 5.74) is 3.56. The van der Waals surface area contributed by atoms with Gasteiger partial charge in [0.1, 0.15) is 0 Å². The molecule has 0 aliphatic rings. The van der Waals surface area contributed by atoms with Crippen LogP contribution in [0.4, 0.5) is 11.4 Å². The van der Waals surface area contributed by atoms with Gasteiger partial charge in [-0.25, -0.2) is 0 Å². The van der Waals surface area contributed by atoms with Crippen molar-refractivity contribution >= 4 is 22.1 Å². The molecule has 0 aliphatic carbocycles. The normalized spacial score (nSPS) is 11.0. The van der Waals surface area contributed by atoms with Crippen LogP contribution in [0, 0.1) is 0 Å². The molecule has 0 saturated heterocycles. The molecule has 0 saturated carbocycles. The predicted octanol–water partition coefficient (Wildman–Crippen LogP) is 4.65. The van der Waals surface area contributed by atoms with E-state index in [1.807, 2.05) is 0 Å². The highest BCUT2D eigenvalue weighted by molar-refractivity contribution is 5.86. The van der Waals surface area contributed by atoms with E-state index < -0.39 is 0 Å². The number of benzene rings is 3. The summed E-state index contributed by atoms with van der Waals surface area (Å²) in [5.74, 6) is 0. The highest BCUT2D eigenvalue weighted by Gasteiger charge is 1.99. The summed E-state index contributed by atoms with van der Waals surface area (Å²) in [4.78, 5) is 2.17. The Balaban J connectivity index is 1.78. The van der Waals surface area contributed by atoms with E-state index in [9.17, 15) is 0 Å². The van der Waals surface area contributed by atoms with Gasteiger partial charge in [-0.2, -0.15) is 0 Å². The first kappa shape index (κ1) is 13.7. The van der Waals surface area contributed by atoms with Gasteiger partial charge in [-0.15, -0.1) is 0 Å². The van der Waals surface area contributed by atoms with Crippen molar-refractivity contribution in [3.8, 4) is 0 Å². The Bertz CT molecular complexity index is 730. The van der Waals surface area contributed by atoms with Crippen molar-refractivity contribution in [2.45, 2.75) is 6.54 Å². The van der Waals surface area contributed by atoms with Gasteiger partial charge in [-0.3, -0.25) is 0 Å². The van der Waals surface area contributed by atoms with E-state index in [2.05, 4.69) is 91.0 Å². The first-order valence-electron chi connectivity index (χ1n) is 7.20. The third kappa shape index (κ3) is 3.41. The number of rotatable bonds is 4. The molecule has 21 heavy (non-hydrogen) atoms. The number of anilines is 2. The van der Waals surface area contributed by atoms with Crippen LogP contribution in [0.25, 0.3) is 10.8 Å². The molecular weight excluding hydrogens is 256 g/mol. The van der Waals surface area contributed by atoms with Crippen LogP contribution in [0.5, 0.6) is 0 Å². The summed E-state index contributed by atoms with van der Waals surface area (Å²) in [6.45, 7) is 0.969.